The van der Waals surface area contributed by atoms with Crippen molar-refractivity contribution in [1.82, 2.24) is 10.3 Å². The molecular formula is C21H23N3O2. The summed E-state index contributed by atoms with van der Waals surface area (Å²) in [6.07, 6.45) is 6.54. The molecule has 0 saturated carbocycles. The first-order chi connectivity index (χ1) is 12.8. The lowest BCUT2D eigenvalue weighted by Crippen LogP contribution is -2.36. The maximum Gasteiger partial charge on any atom is 0.220 e. The molecule has 0 aliphatic carbocycles. The molecule has 2 heterocycles. The Labute approximate surface area is 154 Å². The fraction of sp³-hybridized carbons (Fsp3) is 0.381. The fourth-order valence-corrected chi connectivity index (χ4v) is 3.33. The van der Waals surface area contributed by atoms with Gasteiger partial charge in [-0.15, -0.1) is 0 Å². The highest BCUT2D eigenvalue weighted by Crippen LogP contribution is 2.29. The van der Waals surface area contributed by atoms with Gasteiger partial charge in [-0.25, -0.2) is 0 Å². The van der Waals surface area contributed by atoms with Crippen molar-refractivity contribution in [3.05, 3.63) is 65.5 Å². The minimum Gasteiger partial charge on any atom is -0.381 e. The van der Waals surface area contributed by atoms with Crippen LogP contribution < -0.4 is 5.32 Å². The number of pyridine rings is 1. The summed E-state index contributed by atoms with van der Waals surface area (Å²) in [5.74, 6) is 0.404. The number of aromatic nitrogens is 1. The molecule has 3 rings (SSSR count). The molecule has 26 heavy (non-hydrogen) atoms. The van der Waals surface area contributed by atoms with E-state index in [1.54, 1.807) is 18.3 Å². The first kappa shape index (κ1) is 18.1. The number of hydrogen-bond acceptors (Lipinski definition) is 4. The Balaban J connectivity index is 1.62. The zero-order valence-corrected chi connectivity index (χ0v) is 14.7. The van der Waals surface area contributed by atoms with Gasteiger partial charge in [0.15, 0.2) is 0 Å². The van der Waals surface area contributed by atoms with E-state index in [0.29, 0.717) is 24.3 Å². The number of amides is 1. The molecule has 1 amide bonds. The normalized spacial score (nSPS) is 15.8. The second kappa shape index (κ2) is 9.12. The van der Waals surface area contributed by atoms with Crippen molar-refractivity contribution in [3.63, 3.8) is 0 Å². The quantitative estimate of drug-likeness (QED) is 0.869. The Bertz CT molecular complexity index is 747. The van der Waals surface area contributed by atoms with E-state index in [-0.39, 0.29) is 11.9 Å². The average molecular weight is 349 g/mol. The molecule has 2 aromatic rings. The van der Waals surface area contributed by atoms with E-state index in [4.69, 9.17) is 10.00 Å². The predicted octanol–water partition coefficient (Wildman–Crippen LogP) is 3.17. The monoisotopic (exact) mass is 349 g/mol. The van der Waals surface area contributed by atoms with E-state index in [1.165, 1.54) is 0 Å². The minimum atomic E-state index is -0.0268. The Morgan fingerprint density at radius 2 is 2.04 bits per heavy atom. The van der Waals surface area contributed by atoms with Gasteiger partial charge in [0.25, 0.3) is 0 Å². The van der Waals surface area contributed by atoms with Crippen LogP contribution in [0, 0.1) is 17.2 Å². The van der Waals surface area contributed by atoms with Gasteiger partial charge in [-0.05, 0) is 54.5 Å². The molecule has 1 N–H and O–H groups in total. The van der Waals surface area contributed by atoms with E-state index >= 15 is 0 Å². The molecule has 1 aliphatic rings. The Kier molecular flexibility index (Phi) is 6.34. The summed E-state index contributed by atoms with van der Waals surface area (Å²) in [6, 6.07) is 13.4. The van der Waals surface area contributed by atoms with Crippen molar-refractivity contribution in [2.24, 2.45) is 5.92 Å². The fourth-order valence-electron chi connectivity index (χ4n) is 3.33. The van der Waals surface area contributed by atoms with E-state index in [0.717, 1.165) is 37.2 Å². The van der Waals surface area contributed by atoms with E-state index < -0.39 is 0 Å². The van der Waals surface area contributed by atoms with Crippen LogP contribution in [0.15, 0.2) is 48.8 Å². The minimum absolute atomic E-state index is 0.0268. The van der Waals surface area contributed by atoms with Gasteiger partial charge in [0.2, 0.25) is 5.91 Å². The van der Waals surface area contributed by atoms with Crippen molar-refractivity contribution < 1.29 is 9.53 Å². The zero-order chi connectivity index (χ0) is 18.2. The van der Waals surface area contributed by atoms with Crippen LogP contribution in [-0.2, 0) is 16.0 Å². The second-order valence-corrected chi connectivity index (χ2v) is 6.59. The average Bonchev–Trinajstić information content (AvgIpc) is 2.72. The summed E-state index contributed by atoms with van der Waals surface area (Å²) in [4.78, 5) is 16.8. The lowest BCUT2D eigenvalue weighted by molar-refractivity contribution is -0.122. The Morgan fingerprint density at radius 3 is 2.69 bits per heavy atom. The molecule has 0 unspecified atom stereocenters. The number of nitrogens with zero attached hydrogens (tertiary/aromatic N) is 2. The number of benzene rings is 1. The molecule has 0 radical (unpaired) electrons. The molecule has 1 saturated heterocycles. The number of aryl methyl sites for hydroxylation is 1. The zero-order valence-electron chi connectivity index (χ0n) is 14.7. The Morgan fingerprint density at radius 1 is 1.27 bits per heavy atom. The van der Waals surface area contributed by atoms with Gasteiger partial charge >= 0.3 is 0 Å². The largest absolute Gasteiger partial charge is 0.381 e. The van der Waals surface area contributed by atoms with Gasteiger partial charge in [0, 0.05) is 32.0 Å². The number of nitrogens with one attached hydrogen (secondary N) is 1. The van der Waals surface area contributed by atoms with Crippen molar-refractivity contribution in [2.45, 2.75) is 31.7 Å². The summed E-state index contributed by atoms with van der Waals surface area (Å²) in [5, 5.41) is 12.1. The van der Waals surface area contributed by atoms with Crippen LogP contribution in [0.4, 0.5) is 0 Å². The van der Waals surface area contributed by atoms with Gasteiger partial charge in [-0.1, -0.05) is 18.2 Å². The van der Waals surface area contributed by atoms with Gasteiger partial charge in [0.1, 0.15) is 0 Å². The van der Waals surface area contributed by atoms with E-state index in [9.17, 15) is 4.79 Å². The molecule has 134 valence electrons. The van der Waals surface area contributed by atoms with Crippen molar-refractivity contribution in [1.29, 1.82) is 5.26 Å². The number of carbonyl (C=O) groups excluding carboxylic acids is 1. The SMILES string of the molecule is N#Cc1ccc(CCC(=O)N[C@@H](c2cccnc2)C2CCOCC2)cc1. The highest BCUT2D eigenvalue weighted by atomic mass is 16.5. The van der Waals surface area contributed by atoms with Crippen LogP contribution in [0.3, 0.4) is 0 Å². The second-order valence-electron chi connectivity index (χ2n) is 6.59. The molecule has 1 fully saturated rings. The third-order valence-corrected chi connectivity index (χ3v) is 4.82. The highest BCUT2D eigenvalue weighted by Gasteiger charge is 2.27. The predicted molar refractivity (Wildman–Crippen MR) is 98.1 cm³/mol. The third kappa shape index (κ3) is 4.90. The van der Waals surface area contributed by atoms with Crippen molar-refractivity contribution in [3.8, 4) is 6.07 Å². The lowest BCUT2D eigenvalue weighted by Gasteiger charge is -2.31. The van der Waals surface area contributed by atoms with E-state index in [2.05, 4.69) is 16.4 Å². The molecule has 5 heteroatoms. The molecule has 0 spiro atoms. The topological polar surface area (TPSA) is 75.0 Å². The van der Waals surface area contributed by atoms with Gasteiger partial charge in [-0.2, -0.15) is 5.26 Å². The number of ether oxygens (including phenoxy) is 1. The smallest absolute Gasteiger partial charge is 0.220 e. The van der Waals surface area contributed by atoms with Crippen molar-refractivity contribution >= 4 is 5.91 Å². The van der Waals surface area contributed by atoms with Crippen LogP contribution in [0.25, 0.3) is 0 Å². The van der Waals surface area contributed by atoms with Crippen LogP contribution in [0.2, 0.25) is 0 Å². The summed E-state index contributed by atoms with van der Waals surface area (Å²) in [7, 11) is 0. The van der Waals surface area contributed by atoms with Crippen LogP contribution in [-0.4, -0.2) is 24.1 Å². The molecular weight excluding hydrogens is 326 g/mol. The van der Waals surface area contributed by atoms with Gasteiger partial charge in [-0.3, -0.25) is 9.78 Å². The first-order valence-corrected chi connectivity index (χ1v) is 9.02. The molecule has 1 atom stereocenters. The molecule has 0 bridgehead atoms. The molecule has 5 nitrogen and oxygen atoms in total. The van der Waals surface area contributed by atoms with Gasteiger partial charge < -0.3 is 10.1 Å². The molecule has 1 aromatic heterocycles. The first-order valence-electron chi connectivity index (χ1n) is 9.02. The maximum atomic E-state index is 12.6. The summed E-state index contributed by atoms with van der Waals surface area (Å²) < 4.78 is 5.46. The Hall–Kier alpha value is -2.71. The van der Waals surface area contributed by atoms with Gasteiger partial charge in [0.05, 0.1) is 17.7 Å². The van der Waals surface area contributed by atoms with Crippen molar-refractivity contribution in [2.75, 3.05) is 13.2 Å². The standard InChI is InChI=1S/C21H23N3O2/c22-14-17-5-3-16(4-6-17)7-8-20(25)24-21(18-9-12-26-13-10-18)19-2-1-11-23-15-19/h1-6,11,15,18,21H,7-10,12-13H2,(H,24,25)/t21-/m1/s1. The lowest BCUT2D eigenvalue weighted by atomic mass is 9.87. The maximum absolute atomic E-state index is 12.6. The number of hydrogen-bond donors (Lipinski definition) is 1. The molecule has 1 aromatic carbocycles. The highest BCUT2D eigenvalue weighted by molar-refractivity contribution is 5.76. The third-order valence-electron chi connectivity index (χ3n) is 4.82. The summed E-state index contributed by atoms with van der Waals surface area (Å²) in [5.41, 5.74) is 2.74. The summed E-state index contributed by atoms with van der Waals surface area (Å²) >= 11 is 0. The molecule has 1 aliphatic heterocycles. The number of rotatable bonds is 6. The van der Waals surface area contributed by atoms with E-state index in [1.807, 2.05) is 30.5 Å². The van der Waals surface area contributed by atoms with Crippen LogP contribution in [0.5, 0.6) is 0 Å². The van der Waals surface area contributed by atoms with Crippen LogP contribution in [0.1, 0.15) is 42.0 Å². The number of nitriles is 1. The number of carbonyl (C=O) groups is 1. The van der Waals surface area contributed by atoms with Crippen LogP contribution >= 0.6 is 0 Å². The summed E-state index contributed by atoms with van der Waals surface area (Å²) in [6.45, 7) is 1.48.